The molecular weight excluding hydrogens is 402 g/mol. The first-order chi connectivity index (χ1) is 14.9. The van der Waals surface area contributed by atoms with Crippen LogP contribution in [0.5, 0.6) is 23.0 Å². The zero-order valence-corrected chi connectivity index (χ0v) is 17.6. The number of fused-ring (bicyclic) bond motifs is 2. The zero-order valence-electron chi connectivity index (χ0n) is 17.6. The van der Waals surface area contributed by atoms with Gasteiger partial charge in [-0.05, 0) is 25.1 Å². The van der Waals surface area contributed by atoms with Gasteiger partial charge in [-0.25, -0.2) is 0 Å². The number of nitrogens with zero attached hydrogens (tertiary/aromatic N) is 1. The highest BCUT2D eigenvalue weighted by atomic mass is 16.7. The van der Waals surface area contributed by atoms with Crippen molar-refractivity contribution in [1.29, 1.82) is 0 Å². The van der Waals surface area contributed by atoms with Crippen molar-refractivity contribution in [2.24, 2.45) is 7.05 Å². The summed E-state index contributed by atoms with van der Waals surface area (Å²) < 4.78 is 23.0. The van der Waals surface area contributed by atoms with Crippen LogP contribution in [-0.2, 0) is 11.8 Å². The Kier molecular flexibility index (Phi) is 5.33. The minimum absolute atomic E-state index is 0.154. The lowest BCUT2D eigenvalue weighted by atomic mass is 10.2. The Balaban J connectivity index is 1.50. The number of methoxy groups -OCH3 is 2. The Labute approximate surface area is 178 Å². The van der Waals surface area contributed by atoms with Gasteiger partial charge in [-0.15, -0.1) is 0 Å². The summed E-state index contributed by atoms with van der Waals surface area (Å²) in [5.41, 5.74) is 1.72. The molecule has 1 aromatic heterocycles. The average molecular weight is 425 g/mol. The van der Waals surface area contributed by atoms with E-state index in [1.165, 1.54) is 0 Å². The van der Waals surface area contributed by atoms with Crippen molar-refractivity contribution in [2.45, 2.75) is 13.0 Å². The smallest absolute Gasteiger partial charge is 0.268 e. The van der Waals surface area contributed by atoms with Gasteiger partial charge in [0.2, 0.25) is 12.7 Å². The normalized spacial score (nSPS) is 13.0. The number of carbonyl (C=O) groups is 2. The molecule has 0 unspecified atom stereocenters. The molecule has 1 atom stereocenters. The predicted molar refractivity (Wildman–Crippen MR) is 114 cm³/mol. The van der Waals surface area contributed by atoms with Gasteiger partial charge in [0, 0.05) is 36.3 Å². The fourth-order valence-electron chi connectivity index (χ4n) is 3.44. The molecule has 2 aromatic carbocycles. The topological polar surface area (TPSA) is 100 Å². The quantitative estimate of drug-likeness (QED) is 0.630. The molecule has 9 nitrogen and oxygen atoms in total. The van der Waals surface area contributed by atoms with Crippen LogP contribution in [0.2, 0.25) is 0 Å². The highest BCUT2D eigenvalue weighted by Gasteiger charge is 2.22. The second kappa shape index (κ2) is 8.10. The number of hydrogen-bond donors (Lipinski definition) is 2. The van der Waals surface area contributed by atoms with Crippen LogP contribution in [0.25, 0.3) is 10.9 Å². The van der Waals surface area contributed by atoms with Crippen molar-refractivity contribution in [3.8, 4) is 23.0 Å². The Hall–Kier alpha value is -3.88. The molecule has 0 saturated carbocycles. The van der Waals surface area contributed by atoms with E-state index in [4.69, 9.17) is 18.9 Å². The van der Waals surface area contributed by atoms with Gasteiger partial charge in [0.05, 0.1) is 19.7 Å². The molecule has 1 aliphatic rings. The van der Waals surface area contributed by atoms with Crippen LogP contribution in [0.3, 0.4) is 0 Å². The summed E-state index contributed by atoms with van der Waals surface area (Å²) in [6.45, 7) is 1.77. The summed E-state index contributed by atoms with van der Waals surface area (Å²) >= 11 is 0. The molecule has 0 saturated heterocycles. The van der Waals surface area contributed by atoms with E-state index < -0.39 is 6.04 Å². The first-order valence-electron chi connectivity index (χ1n) is 9.64. The van der Waals surface area contributed by atoms with Gasteiger partial charge < -0.3 is 34.1 Å². The lowest BCUT2D eigenvalue weighted by Gasteiger charge is -2.15. The van der Waals surface area contributed by atoms with Crippen molar-refractivity contribution in [2.75, 3.05) is 26.3 Å². The molecule has 0 fully saturated rings. The summed E-state index contributed by atoms with van der Waals surface area (Å²) in [5.74, 6) is 1.67. The van der Waals surface area contributed by atoms with Crippen molar-refractivity contribution < 1.29 is 28.5 Å². The molecule has 2 heterocycles. The van der Waals surface area contributed by atoms with E-state index in [1.54, 1.807) is 63.1 Å². The summed E-state index contributed by atoms with van der Waals surface area (Å²) in [6.07, 6.45) is 0. The van der Waals surface area contributed by atoms with Crippen LogP contribution >= 0.6 is 0 Å². The van der Waals surface area contributed by atoms with Crippen molar-refractivity contribution in [3.05, 3.63) is 42.1 Å². The number of aryl methyl sites for hydroxylation is 1. The summed E-state index contributed by atoms with van der Waals surface area (Å²) in [7, 11) is 4.90. The second-order valence-electron chi connectivity index (χ2n) is 7.10. The molecule has 2 amide bonds. The van der Waals surface area contributed by atoms with Crippen molar-refractivity contribution in [3.63, 3.8) is 0 Å². The van der Waals surface area contributed by atoms with E-state index >= 15 is 0 Å². The van der Waals surface area contributed by atoms with Crippen LogP contribution in [0.1, 0.15) is 17.4 Å². The first kappa shape index (κ1) is 20.4. The molecular formula is C22H23N3O6. The third-order valence-corrected chi connectivity index (χ3v) is 5.17. The zero-order chi connectivity index (χ0) is 22.1. The third kappa shape index (κ3) is 3.81. The number of ether oxygens (including phenoxy) is 4. The lowest BCUT2D eigenvalue weighted by Crippen LogP contribution is -2.42. The fourth-order valence-corrected chi connectivity index (χ4v) is 3.44. The molecule has 31 heavy (non-hydrogen) atoms. The largest absolute Gasteiger partial charge is 0.497 e. The number of carbonyl (C=O) groups excluding carboxylic acids is 2. The number of benzene rings is 2. The van der Waals surface area contributed by atoms with E-state index in [0.29, 0.717) is 34.4 Å². The van der Waals surface area contributed by atoms with Gasteiger partial charge in [-0.2, -0.15) is 0 Å². The SMILES string of the molecule is COc1cc(OC)c2cc(C(=O)N[C@@H](C)C(=O)Nc3ccc4c(c3)OCO4)n(C)c2c1. The van der Waals surface area contributed by atoms with E-state index in [1.807, 2.05) is 6.07 Å². The summed E-state index contributed by atoms with van der Waals surface area (Å²) in [6, 6.07) is 9.65. The minimum Gasteiger partial charge on any atom is -0.497 e. The molecule has 2 N–H and O–H groups in total. The van der Waals surface area contributed by atoms with Crippen LogP contribution < -0.4 is 29.6 Å². The summed E-state index contributed by atoms with van der Waals surface area (Å²) in [4.78, 5) is 25.5. The number of aromatic nitrogens is 1. The molecule has 3 aromatic rings. The predicted octanol–water partition coefficient (Wildman–Crippen LogP) is 2.68. The van der Waals surface area contributed by atoms with Crippen molar-refractivity contribution >= 4 is 28.4 Å². The number of amides is 2. The molecule has 9 heteroatoms. The van der Waals surface area contributed by atoms with Gasteiger partial charge in [0.25, 0.3) is 5.91 Å². The Morgan fingerprint density at radius 3 is 2.58 bits per heavy atom. The maximum Gasteiger partial charge on any atom is 0.268 e. The number of hydrogen-bond acceptors (Lipinski definition) is 6. The third-order valence-electron chi connectivity index (χ3n) is 5.17. The standard InChI is InChI=1S/C22H23N3O6/c1-12(21(26)24-13-5-6-18-20(7-13)31-11-30-18)23-22(27)17-10-15-16(25(17)2)8-14(28-3)9-19(15)29-4/h5-10,12H,11H2,1-4H3,(H,23,27)(H,24,26)/t12-/m0/s1. The molecule has 162 valence electrons. The molecule has 0 bridgehead atoms. The molecule has 1 aliphatic heterocycles. The molecule has 4 rings (SSSR count). The highest BCUT2D eigenvalue weighted by molar-refractivity contribution is 6.04. The summed E-state index contributed by atoms with van der Waals surface area (Å²) in [5, 5.41) is 6.28. The van der Waals surface area contributed by atoms with E-state index in [0.717, 1.165) is 10.9 Å². The lowest BCUT2D eigenvalue weighted by molar-refractivity contribution is -0.117. The minimum atomic E-state index is -0.771. The van der Waals surface area contributed by atoms with E-state index in [9.17, 15) is 9.59 Å². The van der Waals surface area contributed by atoms with Crippen LogP contribution in [0.4, 0.5) is 5.69 Å². The average Bonchev–Trinajstić information content (AvgIpc) is 3.37. The van der Waals surface area contributed by atoms with E-state index in [-0.39, 0.29) is 18.6 Å². The number of anilines is 1. The van der Waals surface area contributed by atoms with Crippen LogP contribution in [-0.4, -0.2) is 43.4 Å². The van der Waals surface area contributed by atoms with Gasteiger partial charge in [0.15, 0.2) is 11.5 Å². The van der Waals surface area contributed by atoms with E-state index in [2.05, 4.69) is 10.6 Å². The van der Waals surface area contributed by atoms with Gasteiger partial charge in [0.1, 0.15) is 23.2 Å². The van der Waals surface area contributed by atoms with Crippen molar-refractivity contribution in [1.82, 2.24) is 9.88 Å². The van der Waals surface area contributed by atoms with Crippen LogP contribution in [0.15, 0.2) is 36.4 Å². The van der Waals surface area contributed by atoms with Gasteiger partial charge in [-0.1, -0.05) is 0 Å². The number of nitrogens with one attached hydrogen (secondary N) is 2. The fraction of sp³-hybridized carbons (Fsp3) is 0.273. The highest BCUT2D eigenvalue weighted by Crippen LogP contribution is 2.34. The van der Waals surface area contributed by atoms with Gasteiger partial charge in [-0.3, -0.25) is 9.59 Å². The number of rotatable bonds is 6. The Morgan fingerprint density at radius 1 is 1.06 bits per heavy atom. The molecule has 0 aliphatic carbocycles. The Morgan fingerprint density at radius 2 is 1.84 bits per heavy atom. The van der Waals surface area contributed by atoms with Gasteiger partial charge >= 0.3 is 0 Å². The molecule has 0 spiro atoms. The monoisotopic (exact) mass is 425 g/mol. The Bertz CT molecular complexity index is 1170. The maximum absolute atomic E-state index is 12.9. The van der Waals surface area contributed by atoms with Crippen LogP contribution in [0, 0.1) is 0 Å². The second-order valence-corrected chi connectivity index (χ2v) is 7.10. The maximum atomic E-state index is 12.9. The molecule has 0 radical (unpaired) electrons. The first-order valence-corrected chi connectivity index (χ1v) is 9.64.